The van der Waals surface area contributed by atoms with E-state index in [1.165, 1.54) is 0 Å². The molecule has 0 radical (unpaired) electrons. The van der Waals surface area contributed by atoms with Crippen molar-refractivity contribution in [3.8, 4) is 0 Å². The van der Waals surface area contributed by atoms with Crippen LogP contribution in [-0.2, 0) is 14.3 Å². The molecule has 0 N–H and O–H groups in total. The highest BCUT2D eigenvalue weighted by Gasteiger charge is 2.36. The number of hydrogen-bond donors (Lipinski definition) is 0. The van der Waals surface area contributed by atoms with Crippen molar-refractivity contribution in [3.63, 3.8) is 0 Å². The van der Waals surface area contributed by atoms with Gasteiger partial charge in [-0.15, -0.1) is 11.6 Å². The number of carbonyl (C=O) groups excluding carboxylic acids is 1. The van der Waals surface area contributed by atoms with E-state index in [0.717, 1.165) is 10.0 Å². The van der Waals surface area contributed by atoms with Crippen molar-refractivity contribution in [2.75, 3.05) is 6.61 Å². The van der Waals surface area contributed by atoms with Gasteiger partial charge in [0.25, 0.3) is 0 Å². The molecule has 1 aliphatic rings. The smallest absolute Gasteiger partial charge is 0.164 e. The Balaban J connectivity index is 2.28. The minimum atomic E-state index is -0.642. The third kappa shape index (κ3) is 5.68. The summed E-state index contributed by atoms with van der Waals surface area (Å²) in [5.41, 5.74) is 0. The quantitative estimate of drug-likeness (QED) is 0.529. The van der Waals surface area contributed by atoms with Crippen LogP contribution in [0.4, 0.5) is 0 Å². The van der Waals surface area contributed by atoms with Crippen LogP contribution in [0.15, 0.2) is 10.2 Å². The Hall–Kier alpha value is 0.350. The van der Waals surface area contributed by atoms with Gasteiger partial charge >= 0.3 is 0 Å². The van der Waals surface area contributed by atoms with Crippen LogP contribution in [0.3, 0.4) is 0 Å². The van der Waals surface area contributed by atoms with Gasteiger partial charge in [-0.05, 0) is 52.9 Å². The van der Waals surface area contributed by atoms with Gasteiger partial charge in [-0.25, -0.2) is 0 Å². The molecule has 2 unspecified atom stereocenters. The Bertz CT molecular complexity index is 304. The molecular weight excluding hydrogens is 354 g/mol. The highest BCUT2D eigenvalue weighted by molar-refractivity contribution is 14.1. The molecule has 3 nitrogen and oxygen atoms in total. The van der Waals surface area contributed by atoms with Crippen LogP contribution in [-0.4, -0.2) is 29.7 Å². The zero-order chi connectivity index (χ0) is 13.1. The molecule has 5 heteroatoms. The Kier molecular flexibility index (Phi) is 5.89. The fraction of sp³-hybridized carbons (Fsp3) is 0.750. The van der Waals surface area contributed by atoms with Gasteiger partial charge in [-0.3, -0.25) is 4.79 Å². The molecule has 0 amide bonds. The average molecular weight is 373 g/mol. The first-order valence-electron chi connectivity index (χ1n) is 5.62. The molecule has 1 fully saturated rings. The molecule has 0 spiro atoms. The van der Waals surface area contributed by atoms with Crippen LogP contribution in [0.2, 0.25) is 0 Å². The molecule has 1 aliphatic heterocycles. The van der Waals surface area contributed by atoms with Crippen LogP contribution < -0.4 is 0 Å². The lowest BCUT2D eigenvalue weighted by Crippen LogP contribution is -2.27. The number of Topliss-reactive ketones (excluding diaryl/α,β-unsaturated/α-hetero) is 1. The molecule has 0 aromatic heterocycles. The van der Waals surface area contributed by atoms with Crippen molar-refractivity contribution in [2.45, 2.75) is 50.4 Å². The molecule has 0 aromatic rings. The lowest BCUT2D eigenvalue weighted by molar-refractivity contribution is -0.152. The molecule has 0 bridgehead atoms. The van der Waals surface area contributed by atoms with Crippen LogP contribution >= 0.6 is 34.2 Å². The van der Waals surface area contributed by atoms with Gasteiger partial charge in [0.2, 0.25) is 0 Å². The molecule has 0 aromatic carbocycles. The summed E-state index contributed by atoms with van der Waals surface area (Å²) in [6.07, 6.45) is 1.39. The predicted molar refractivity (Wildman–Crippen MR) is 76.6 cm³/mol. The predicted octanol–water partition coefficient (Wildman–Crippen LogP) is 3.43. The first kappa shape index (κ1) is 15.4. The molecule has 2 atom stereocenters. The van der Waals surface area contributed by atoms with Gasteiger partial charge in [0, 0.05) is 11.8 Å². The molecular formula is C12H18ClIO3. The van der Waals surface area contributed by atoms with E-state index in [1.54, 1.807) is 0 Å². The average Bonchev–Trinajstić information content (AvgIpc) is 2.54. The number of carbonyl (C=O) groups is 1. The summed E-state index contributed by atoms with van der Waals surface area (Å²) in [6.45, 7) is 7.76. The Morgan fingerprint density at radius 3 is 2.76 bits per heavy atom. The topological polar surface area (TPSA) is 35.5 Å². The van der Waals surface area contributed by atoms with Crippen LogP contribution in [0.1, 0.15) is 33.1 Å². The maximum Gasteiger partial charge on any atom is 0.164 e. The van der Waals surface area contributed by atoms with E-state index >= 15 is 0 Å². The van der Waals surface area contributed by atoms with Crippen molar-refractivity contribution in [3.05, 3.63) is 10.2 Å². The number of allylic oxidation sites excluding steroid dienone is 1. The minimum absolute atomic E-state index is 0.0290. The van der Waals surface area contributed by atoms with E-state index in [9.17, 15) is 4.79 Å². The van der Waals surface area contributed by atoms with E-state index in [0.29, 0.717) is 19.4 Å². The molecule has 1 saturated heterocycles. The fourth-order valence-corrected chi connectivity index (χ4v) is 2.74. The van der Waals surface area contributed by atoms with Crippen LogP contribution in [0, 0.1) is 0 Å². The Morgan fingerprint density at radius 2 is 2.29 bits per heavy atom. The summed E-state index contributed by atoms with van der Waals surface area (Å²) < 4.78 is 11.9. The highest BCUT2D eigenvalue weighted by atomic mass is 127. The van der Waals surface area contributed by atoms with Gasteiger partial charge in [0.15, 0.2) is 11.6 Å². The SMILES string of the molecule is C=C(I)CC(Cl)CCC(=O)C1COC(C)(C)O1. The maximum absolute atomic E-state index is 11.8. The number of alkyl halides is 1. The first-order valence-corrected chi connectivity index (χ1v) is 7.13. The van der Waals surface area contributed by atoms with Gasteiger partial charge in [-0.2, -0.15) is 0 Å². The molecule has 0 saturated carbocycles. The van der Waals surface area contributed by atoms with E-state index in [4.69, 9.17) is 21.1 Å². The summed E-state index contributed by atoms with van der Waals surface area (Å²) in [7, 11) is 0. The van der Waals surface area contributed by atoms with Gasteiger partial charge in [-0.1, -0.05) is 6.58 Å². The molecule has 17 heavy (non-hydrogen) atoms. The molecule has 1 rings (SSSR count). The normalized spacial score (nSPS) is 24.6. The van der Waals surface area contributed by atoms with Crippen molar-refractivity contribution in [1.29, 1.82) is 0 Å². The maximum atomic E-state index is 11.8. The zero-order valence-electron chi connectivity index (χ0n) is 10.2. The van der Waals surface area contributed by atoms with Crippen molar-refractivity contribution in [1.82, 2.24) is 0 Å². The standard InChI is InChI=1S/C12H18ClIO3/c1-8(14)6-9(13)4-5-10(15)11-7-16-12(2,3)17-11/h9,11H,1,4-7H2,2-3H3. The van der Waals surface area contributed by atoms with Crippen LogP contribution in [0.5, 0.6) is 0 Å². The van der Waals surface area contributed by atoms with Gasteiger partial charge < -0.3 is 9.47 Å². The summed E-state index contributed by atoms with van der Waals surface area (Å²) in [5, 5.41) is -0.0290. The summed E-state index contributed by atoms with van der Waals surface area (Å²) in [6, 6.07) is 0. The van der Waals surface area contributed by atoms with Crippen LogP contribution in [0.25, 0.3) is 0 Å². The first-order chi connectivity index (χ1) is 7.80. The summed E-state index contributed by atoms with van der Waals surface area (Å²) in [5.74, 6) is -0.572. The van der Waals surface area contributed by atoms with Crippen molar-refractivity contribution in [2.24, 2.45) is 0 Å². The fourth-order valence-electron chi connectivity index (χ4n) is 1.65. The lowest BCUT2D eigenvalue weighted by atomic mass is 10.1. The lowest BCUT2D eigenvalue weighted by Gasteiger charge is -2.16. The second-order valence-electron chi connectivity index (χ2n) is 4.64. The zero-order valence-corrected chi connectivity index (χ0v) is 13.1. The third-order valence-corrected chi connectivity index (χ3v) is 3.33. The molecule has 0 aliphatic carbocycles. The highest BCUT2D eigenvalue weighted by Crippen LogP contribution is 2.25. The number of ketones is 1. The summed E-state index contributed by atoms with van der Waals surface area (Å²) >= 11 is 8.24. The number of rotatable bonds is 6. The summed E-state index contributed by atoms with van der Waals surface area (Å²) in [4.78, 5) is 11.8. The third-order valence-electron chi connectivity index (χ3n) is 2.51. The van der Waals surface area contributed by atoms with E-state index in [-0.39, 0.29) is 11.2 Å². The van der Waals surface area contributed by atoms with Gasteiger partial charge in [0.1, 0.15) is 6.10 Å². The Labute approximate surface area is 121 Å². The number of hydrogen-bond acceptors (Lipinski definition) is 3. The minimum Gasteiger partial charge on any atom is -0.347 e. The Morgan fingerprint density at radius 1 is 1.65 bits per heavy atom. The van der Waals surface area contributed by atoms with E-state index in [2.05, 4.69) is 29.2 Å². The number of ether oxygens (including phenoxy) is 2. The monoisotopic (exact) mass is 372 g/mol. The molecule has 1 heterocycles. The van der Waals surface area contributed by atoms with E-state index in [1.807, 2.05) is 13.8 Å². The second kappa shape index (κ2) is 6.50. The molecule has 98 valence electrons. The van der Waals surface area contributed by atoms with Crippen molar-refractivity contribution < 1.29 is 14.3 Å². The van der Waals surface area contributed by atoms with E-state index < -0.39 is 11.9 Å². The van der Waals surface area contributed by atoms with Gasteiger partial charge in [0.05, 0.1) is 6.61 Å². The van der Waals surface area contributed by atoms with Crippen molar-refractivity contribution >= 4 is 40.0 Å². The largest absolute Gasteiger partial charge is 0.347 e. The number of halogens is 2. The second-order valence-corrected chi connectivity index (χ2v) is 6.78.